The first-order valence-electron chi connectivity index (χ1n) is 8.20. The molecule has 0 aromatic heterocycles. The number of aryl methyl sites for hydroxylation is 1. The number of nitrogen functional groups attached to an aromatic ring is 1. The molecule has 1 atom stereocenters. The minimum atomic E-state index is -0.139. The van der Waals surface area contributed by atoms with Crippen LogP contribution in [0, 0.1) is 6.92 Å². The molecule has 0 bridgehead atoms. The molecule has 3 rings (SSSR count). The zero-order chi connectivity index (χ0) is 16.9. The van der Waals surface area contributed by atoms with Crippen molar-refractivity contribution in [2.45, 2.75) is 19.4 Å². The second kappa shape index (κ2) is 7.47. The first-order chi connectivity index (χ1) is 11.6. The minimum Gasteiger partial charge on any atom is -0.398 e. The summed E-state index contributed by atoms with van der Waals surface area (Å²) in [6.07, 6.45) is 1.05. The summed E-state index contributed by atoms with van der Waals surface area (Å²) in [4.78, 5) is 12.3. The summed E-state index contributed by atoms with van der Waals surface area (Å²) < 4.78 is 5.71. The van der Waals surface area contributed by atoms with Gasteiger partial charge >= 0.3 is 0 Å². The van der Waals surface area contributed by atoms with E-state index in [1.54, 1.807) is 6.07 Å². The third-order valence-electron chi connectivity index (χ3n) is 4.22. The maximum absolute atomic E-state index is 12.3. The van der Waals surface area contributed by atoms with Crippen LogP contribution in [0.4, 0.5) is 11.4 Å². The second-order valence-corrected chi connectivity index (χ2v) is 6.12. The Labute approximate surface area is 142 Å². The van der Waals surface area contributed by atoms with Gasteiger partial charge in [0.05, 0.1) is 12.7 Å². The highest BCUT2D eigenvalue weighted by atomic mass is 16.5. The number of benzene rings is 2. The molecule has 0 saturated carbocycles. The smallest absolute Gasteiger partial charge is 0.255 e. The Hall–Kier alpha value is -2.37. The largest absolute Gasteiger partial charge is 0.398 e. The topological polar surface area (TPSA) is 76.4 Å². The van der Waals surface area contributed by atoms with Crippen molar-refractivity contribution >= 4 is 17.3 Å². The highest BCUT2D eigenvalue weighted by Gasteiger charge is 2.14. The molecule has 24 heavy (non-hydrogen) atoms. The van der Waals surface area contributed by atoms with Gasteiger partial charge in [0.2, 0.25) is 0 Å². The molecule has 1 aliphatic rings. The van der Waals surface area contributed by atoms with Crippen LogP contribution in [0.15, 0.2) is 42.5 Å². The molecule has 2 aromatic carbocycles. The van der Waals surface area contributed by atoms with Crippen LogP contribution >= 0.6 is 0 Å². The molecule has 5 nitrogen and oxygen atoms in total. The number of hydrogen-bond donors (Lipinski definition) is 3. The van der Waals surface area contributed by atoms with Crippen molar-refractivity contribution in [3.63, 3.8) is 0 Å². The molecule has 1 heterocycles. The molecule has 126 valence electrons. The average Bonchev–Trinajstić information content (AvgIpc) is 2.60. The summed E-state index contributed by atoms with van der Waals surface area (Å²) in [5.41, 5.74) is 10.0. The highest BCUT2D eigenvalue weighted by Crippen LogP contribution is 2.18. The molecule has 0 radical (unpaired) electrons. The van der Waals surface area contributed by atoms with Crippen LogP contribution in [0.2, 0.25) is 0 Å². The van der Waals surface area contributed by atoms with Crippen molar-refractivity contribution in [1.82, 2.24) is 5.32 Å². The molecule has 1 fully saturated rings. The number of carbonyl (C=O) groups is 1. The summed E-state index contributed by atoms with van der Waals surface area (Å²) in [5.74, 6) is -0.139. The lowest BCUT2D eigenvalue weighted by atomic mass is 10.0. The van der Waals surface area contributed by atoms with E-state index >= 15 is 0 Å². The average molecular weight is 325 g/mol. The molecule has 1 amide bonds. The van der Waals surface area contributed by atoms with Crippen LogP contribution in [-0.4, -0.2) is 31.7 Å². The van der Waals surface area contributed by atoms with Gasteiger partial charge in [0.15, 0.2) is 0 Å². The molecule has 2 aromatic rings. The quantitative estimate of drug-likeness (QED) is 0.754. The van der Waals surface area contributed by atoms with Crippen LogP contribution in [0.25, 0.3) is 0 Å². The summed E-state index contributed by atoms with van der Waals surface area (Å²) in [7, 11) is 0. The third-order valence-corrected chi connectivity index (χ3v) is 4.22. The zero-order valence-corrected chi connectivity index (χ0v) is 13.8. The number of nitrogens with one attached hydrogen (secondary N) is 2. The predicted octanol–water partition coefficient (Wildman–Crippen LogP) is 2.36. The van der Waals surface area contributed by atoms with Crippen molar-refractivity contribution in [3.05, 3.63) is 59.2 Å². The monoisotopic (exact) mass is 325 g/mol. The second-order valence-electron chi connectivity index (χ2n) is 6.12. The first-order valence-corrected chi connectivity index (χ1v) is 8.20. The van der Waals surface area contributed by atoms with E-state index in [4.69, 9.17) is 10.5 Å². The number of hydrogen-bond acceptors (Lipinski definition) is 4. The van der Waals surface area contributed by atoms with Gasteiger partial charge in [-0.2, -0.15) is 0 Å². The normalized spacial score (nSPS) is 17.5. The lowest BCUT2D eigenvalue weighted by Crippen LogP contribution is -2.39. The Morgan fingerprint density at radius 3 is 2.75 bits per heavy atom. The fourth-order valence-corrected chi connectivity index (χ4v) is 2.73. The lowest BCUT2D eigenvalue weighted by Gasteiger charge is -2.23. The molecule has 1 unspecified atom stereocenters. The third kappa shape index (κ3) is 4.13. The zero-order valence-electron chi connectivity index (χ0n) is 13.8. The summed E-state index contributed by atoms with van der Waals surface area (Å²) in [6, 6.07) is 13.2. The fraction of sp³-hybridized carbons (Fsp3) is 0.316. The van der Waals surface area contributed by atoms with Crippen LogP contribution in [0.5, 0.6) is 0 Å². The molecule has 0 spiro atoms. The van der Waals surface area contributed by atoms with E-state index in [9.17, 15) is 4.79 Å². The Bertz CT molecular complexity index is 707. The van der Waals surface area contributed by atoms with E-state index in [-0.39, 0.29) is 12.0 Å². The van der Waals surface area contributed by atoms with Crippen LogP contribution in [0.3, 0.4) is 0 Å². The van der Waals surface area contributed by atoms with Crippen molar-refractivity contribution in [1.29, 1.82) is 0 Å². The van der Waals surface area contributed by atoms with Gasteiger partial charge in [-0.05, 0) is 48.7 Å². The lowest BCUT2D eigenvalue weighted by molar-refractivity contribution is 0.0292. The minimum absolute atomic E-state index is 0.139. The number of rotatable bonds is 4. The van der Waals surface area contributed by atoms with E-state index in [0.29, 0.717) is 16.9 Å². The van der Waals surface area contributed by atoms with Crippen molar-refractivity contribution in [2.75, 3.05) is 30.7 Å². The molecule has 4 N–H and O–H groups in total. The van der Waals surface area contributed by atoms with Gasteiger partial charge in [-0.15, -0.1) is 0 Å². The summed E-state index contributed by atoms with van der Waals surface area (Å²) >= 11 is 0. The maximum atomic E-state index is 12.3. The van der Waals surface area contributed by atoms with Gasteiger partial charge in [-0.1, -0.05) is 18.2 Å². The number of nitrogens with two attached hydrogens (primary N) is 1. The molecular weight excluding hydrogens is 302 g/mol. The van der Waals surface area contributed by atoms with Gasteiger partial charge in [0.1, 0.15) is 0 Å². The van der Waals surface area contributed by atoms with Crippen LogP contribution in [0.1, 0.15) is 21.5 Å². The number of carbonyl (C=O) groups excluding carboxylic acids is 1. The predicted molar refractivity (Wildman–Crippen MR) is 96.3 cm³/mol. The Morgan fingerprint density at radius 2 is 2.08 bits per heavy atom. The SMILES string of the molecule is Cc1ccc(NC(=O)c2ccc(CC3CNCCO3)cc2)cc1N. The van der Waals surface area contributed by atoms with Crippen LogP contribution in [-0.2, 0) is 11.2 Å². The fourth-order valence-electron chi connectivity index (χ4n) is 2.73. The molecule has 1 saturated heterocycles. The van der Waals surface area contributed by atoms with Gasteiger partial charge < -0.3 is 21.1 Å². The molecule has 0 aliphatic carbocycles. The first kappa shape index (κ1) is 16.5. The van der Waals surface area contributed by atoms with E-state index in [2.05, 4.69) is 10.6 Å². The number of morpholine rings is 1. The molecule has 5 heteroatoms. The molecular formula is C19H23N3O2. The Morgan fingerprint density at radius 1 is 1.29 bits per heavy atom. The van der Waals surface area contributed by atoms with Gasteiger partial charge in [-0.3, -0.25) is 4.79 Å². The van der Waals surface area contributed by atoms with E-state index in [1.165, 1.54) is 5.56 Å². The summed E-state index contributed by atoms with van der Waals surface area (Å²) in [6.45, 7) is 4.48. The summed E-state index contributed by atoms with van der Waals surface area (Å²) in [5, 5.41) is 6.19. The van der Waals surface area contributed by atoms with E-state index < -0.39 is 0 Å². The van der Waals surface area contributed by atoms with Gasteiger partial charge in [0.25, 0.3) is 5.91 Å². The van der Waals surface area contributed by atoms with Gasteiger partial charge in [0, 0.05) is 30.0 Å². The Balaban J connectivity index is 1.61. The Kier molecular flexibility index (Phi) is 5.13. The number of ether oxygens (including phenoxy) is 1. The van der Waals surface area contributed by atoms with Crippen molar-refractivity contribution < 1.29 is 9.53 Å². The van der Waals surface area contributed by atoms with Crippen LogP contribution < -0.4 is 16.4 Å². The number of anilines is 2. The standard InChI is InChI=1S/C19H23N3O2/c1-13-2-7-16(11-18(13)20)22-19(23)15-5-3-14(4-6-15)10-17-12-21-8-9-24-17/h2-7,11,17,21H,8-10,12,20H2,1H3,(H,22,23). The molecule has 1 aliphatic heterocycles. The number of amides is 1. The van der Waals surface area contributed by atoms with Gasteiger partial charge in [-0.25, -0.2) is 0 Å². The van der Waals surface area contributed by atoms with E-state index in [0.717, 1.165) is 31.7 Å². The highest BCUT2D eigenvalue weighted by molar-refractivity contribution is 6.04. The van der Waals surface area contributed by atoms with E-state index in [1.807, 2.05) is 43.3 Å². The maximum Gasteiger partial charge on any atom is 0.255 e. The van der Waals surface area contributed by atoms with Crippen molar-refractivity contribution in [2.24, 2.45) is 0 Å². The van der Waals surface area contributed by atoms with Crippen molar-refractivity contribution in [3.8, 4) is 0 Å².